The first kappa shape index (κ1) is 16.3. The van der Waals surface area contributed by atoms with Crippen LogP contribution in [0.15, 0.2) is 30.6 Å². The van der Waals surface area contributed by atoms with Crippen LogP contribution >= 0.6 is 0 Å². The molecule has 24 heavy (non-hydrogen) atoms. The molecule has 1 aliphatic rings. The van der Waals surface area contributed by atoms with E-state index in [0.717, 1.165) is 25.0 Å². The Kier molecular flexibility index (Phi) is 4.69. The maximum atomic E-state index is 13.9. The van der Waals surface area contributed by atoms with Crippen LogP contribution in [-0.4, -0.2) is 40.5 Å². The Morgan fingerprint density at radius 2 is 2.17 bits per heavy atom. The van der Waals surface area contributed by atoms with Crippen molar-refractivity contribution in [1.29, 1.82) is 0 Å². The van der Waals surface area contributed by atoms with Crippen molar-refractivity contribution in [2.45, 2.75) is 25.3 Å². The first-order valence-corrected chi connectivity index (χ1v) is 7.69. The normalized spacial score (nSPS) is 17.1. The third-order valence-corrected chi connectivity index (χ3v) is 4.17. The van der Waals surface area contributed by atoms with Crippen LogP contribution in [0.3, 0.4) is 0 Å². The van der Waals surface area contributed by atoms with Crippen LogP contribution < -0.4 is 4.74 Å². The van der Waals surface area contributed by atoms with Crippen LogP contribution in [0.5, 0.6) is 5.88 Å². The number of nitrogens with zero attached hydrogens (tertiary/aromatic N) is 3. The Bertz CT molecular complexity index is 754. The zero-order chi connectivity index (χ0) is 17.1. The van der Waals surface area contributed by atoms with Crippen molar-refractivity contribution >= 4 is 5.91 Å². The molecule has 1 amide bonds. The second-order valence-corrected chi connectivity index (χ2v) is 5.68. The number of carbonyl (C=O) groups excluding carboxylic acids is 1. The second-order valence-electron chi connectivity index (χ2n) is 5.68. The third-order valence-electron chi connectivity index (χ3n) is 4.17. The first-order chi connectivity index (χ1) is 11.6. The molecule has 126 valence electrons. The number of rotatable bonds is 4. The van der Waals surface area contributed by atoms with Gasteiger partial charge in [-0.3, -0.25) is 4.79 Å². The average molecular weight is 333 g/mol. The topological polar surface area (TPSA) is 55.3 Å². The lowest BCUT2D eigenvalue weighted by Crippen LogP contribution is -2.37. The zero-order valence-electron chi connectivity index (χ0n) is 13.2. The molecule has 1 aromatic heterocycles. The highest BCUT2D eigenvalue weighted by molar-refractivity contribution is 5.92. The van der Waals surface area contributed by atoms with E-state index in [0.29, 0.717) is 12.4 Å². The van der Waals surface area contributed by atoms with Gasteiger partial charge in [0.25, 0.3) is 5.91 Å². The highest BCUT2D eigenvalue weighted by Gasteiger charge is 2.31. The number of hydrogen-bond acceptors (Lipinski definition) is 4. The summed E-state index contributed by atoms with van der Waals surface area (Å²) in [6.45, 7) is 0.562. The van der Waals surface area contributed by atoms with Crippen molar-refractivity contribution in [1.82, 2.24) is 14.9 Å². The number of carbonyl (C=O) groups is 1. The summed E-state index contributed by atoms with van der Waals surface area (Å²) in [6.07, 6.45) is 3.10. The fourth-order valence-electron chi connectivity index (χ4n) is 2.98. The lowest BCUT2D eigenvalue weighted by Gasteiger charge is -2.24. The Labute approximate surface area is 138 Å². The van der Waals surface area contributed by atoms with E-state index in [1.807, 2.05) is 0 Å². The van der Waals surface area contributed by atoms with E-state index in [1.165, 1.54) is 25.6 Å². The molecule has 0 saturated carbocycles. The molecule has 1 aliphatic heterocycles. The number of halogens is 2. The number of benzene rings is 1. The van der Waals surface area contributed by atoms with Gasteiger partial charge in [-0.15, -0.1) is 0 Å². The molecule has 2 aromatic rings. The Balaban J connectivity index is 1.79. The Morgan fingerprint density at radius 1 is 1.33 bits per heavy atom. The highest BCUT2D eigenvalue weighted by atomic mass is 19.1. The van der Waals surface area contributed by atoms with Gasteiger partial charge in [0, 0.05) is 18.7 Å². The number of amides is 1. The number of hydrogen-bond donors (Lipinski definition) is 0. The minimum absolute atomic E-state index is 0.185. The highest BCUT2D eigenvalue weighted by Crippen LogP contribution is 2.24. The molecular formula is C17H17F2N3O2. The third kappa shape index (κ3) is 3.34. The Morgan fingerprint density at radius 3 is 2.96 bits per heavy atom. The van der Waals surface area contributed by atoms with E-state index in [1.54, 1.807) is 4.90 Å². The number of aromatic nitrogens is 2. The predicted molar refractivity (Wildman–Crippen MR) is 82.7 cm³/mol. The van der Waals surface area contributed by atoms with Gasteiger partial charge >= 0.3 is 0 Å². The van der Waals surface area contributed by atoms with Crippen molar-refractivity contribution < 1.29 is 18.3 Å². The summed E-state index contributed by atoms with van der Waals surface area (Å²) in [5.41, 5.74) is 0.508. The van der Waals surface area contributed by atoms with Gasteiger partial charge < -0.3 is 9.64 Å². The largest absolute Gasteiger partial charge is 0.481 e. The number of likely N-dealkylation sites (tertiary alicyclic amines) is 1. The van der Waals surface area contributed by atoms with E-state index >= 15 is 0 Å². The molecule has 0 bridgehead atoms. The van der Waals surface area contributed by atoms with Crippen molar-refractivity contribution in [3.05, 3.63) is 53.5 Å². The monoisotopic (exact) mass is 333 g/mol. The smallest absolute Gasteiger partial charge is 0.272 e. The summed E-state index contributed by atoms with van der Waals surface area (Å²) < 4.78 is 32.2. The molecule has 1 saturated heterocycles. The quantitative estimate of drug-likeness (QED) is 0.863. The molecule has 3 rings (SSSR count). The molecule has 0 aliphatic carbocycles. The van der Waals surface area contributed by atoms with Gasteiger partial charge in [0.15, 0.2) is 0 Å². The van der Waals surface area contributed by atoms with Crippen molar-refractivity contribution in [2.75, 3.05) is 13.7 Å². The van der Waals surface area contributed by atoms with Crippen molar-refractivity contribution in [3.8, 4) is 5.88 Å². The van der Waals surface area contributed by atoms with Gasteiger partial charge in [-0.25, -0.2) is 18.7 Å². The van der Waals surface area contributed by atoms with Gasteiger partial charge in [-0.05, 0) is 43.0 Å². The van der Waals surface area contributed by atoms with E-state index < -0.39 is 11.6 Å². The summed E-state index contributed by atoms with van der Waals surface area (Å²) in [6, 6.07) is 4.67. The van der Waals surface area contributed by atoms with Gasteiger partial charge in [0.2, 0.25) is 5.88 Å². The van der Waals surface area contributed by atoms with Crippen LogP contribution in [0.2, 0.25) is 0 Å². The molecule has 1 fully saturated rings. The lowest BCUT2D eigenvalue weighted by molar-refractivity contribution is 0.0729. The van der Waals surface area contributed by atoms with Crippen LogP contribution in [0, 0.1) is 11.6 Å². The van der Waals surface area contributed by atoms with Gasteiger partial charge in [-0.1, -0.05) is 0 Å². The zero-order valence-corrected chi connectivity index (χ0v) is 13.2. The van der Waals surface area contributed by atoms with Crippen LogP contribution in [0.25, 0.3) is 0 Å². The van der Waals surface area contributed by atoms with Crippen LogP contribution in [0.4, 0.5) is 8.78 Å². The molecule has 0 N–H and O–H groups in total. The van der Waals surface area contributed by atoms with Crippen molar-refractivity contribution in [3.63, 3.8) is 0 Å². The molecule has 5 nitrogen and oxygen atoms in total. The van der Waals surface area contributed by atoms with E-state index in [2.05, 4.69) is 9.97 Å². The summed E-state index contributed by atoms with van der Waals surface area (Å²) in [5.74, 6) is -0.891. The van der Waals surface area contributed by atoms with E-state index in [-0.39, 0.29) is 29.6 Å². The standard InChI is InChI=1S/C17H17F2N3O2/c1-24-16-9-15(20-10-21-16)17(23)22-6-2-3-13(22)8-11-7-12(18)4-5-14(11)19/h4-5,7,9-10,13H,2-3,6,8H2,1H3. The van der Waals surface area contributed by atoms with Crippen molar-refractivity contribution in [2.24, 2.45) is 0 Å². The summed E-state index contributed by atoms with van der Waals surface area (Å²) in [5, 5.41) is 0. The van der Waals surface area contributed by atoms with E-state index in [9.17, 15) is 13.6 Å². The summed E-state index contributed by atoms with van der Waals surface area (Å²) in [7, 11) is 1.46. The molecule has 1 unspecified atom stereocenters. The van der Waals surface area contributed by atoms with E-state index in [4.69, 9.17) is 4.74 Å². The molecular weight excluding hydrogens is 316 g/mol. The molecule has 1 atom stereocenters. The number of methoxy groups -OCH3 is 1. The van der Waals surface area contributed by atoms with Gasteiger partial charge in [-0.2, -0.15) is 0 Å². The fourth-order valence-corrected chi connectivity index (χ4v) is 2.98. The second kappa shape index (κ2) is 6.90. The van der Waals surface area contributed by atoms with Gasteiger partial charge in [0.1, 0.15) is 23.7 Å². The summed E-state index contributed by atoms with van der Waals surface area (Å²) in [4.78, 5) is 22.2. The minimum Gasteiger partial charge on any atom is -0.481 e. The SMILES string of the molecule is COc1cc(C(=O)N2CCCC2Cc2cc(F)ccc2F)ncn1. The van der Waals surface area contributed by atoms with Crippen LogP contribution in [-0.2, 0) is 6.42 Å². The fraction of sp³-hybridized carbons (Fsp3) is 0.353. The summed E-state index contributed by atoms with van der Waals surface area (Å²) >= 11 is 0. The Hall–Kier alpha value is -2.57. The molecule has 0 radical (unpaired) electrons. The molecule has 0 spiro atoms. The van der Waals surface area contributed by atoms with Crippen LogP contribution in [0.1, 0.15) is 28.9 Å². The minimum atomic E-state index is -0.484. The average Bonchev–Trinajstić information content (AvgIpc) is 3.05. The van der Waals surface area contributed by atoms with Gasteiger partial charge in [0.05, 0.1) is 7.11 Å². The molecule has 1 aromatic carbocycles. The maximum absolute atomic E-state index is 13.9. The maximum Gasteiger partial charge on any atom is 0.272 e. The first-order valence-electron chi connectivity index (χ1n) is 7.69. The molecule has 2 heterocycles. The predicted octanol–water partition coefficient (Wildman–Crippen LogP) is 2.61. The number of ether oxygens (including phenoxy) is 1. The lowest BCUT2D eigenvalue weighted by atomic mass is 10.0. The molecule has 7 heteroatoms.